The Morgan fingerprint density at radius 1 is 0.773 bits per heavy atom. The van der Waals surface area contributed by atoms with E-state index in [-0.39, 0.29) is 0 Å². The maximum absolute atomic E-state index is 2.54. The molecule has 0 unspecified atom stereocenters. The van der Waals surface area contributed by atoms with Gasteiger partial charge in [0.05, 0.1) is 0 Å². The van der Waals surface area contributed by atoms with Crippen LogP contribution in [0, 0.1) is 0 Å². The van der Waals surface area contributed by atoms with E-state index in [9.17, 15) is 0 Å². The summed E-state index contributed by atoms with van der Waals surface area (Å²) >= 11 is 0.948. The molecule has 2 rings (SSSR count). The van der Waals surface area contributed by atoms with Gasteiger partial charge in [-0.2, -0.15) is 0 Å². The maximum atomic E-state index is 2.54. The first-order valence-electron chi connectivity index (χ1n) is 8.04. The molecule has 0 saturated heterocycles. The van der Waals surface area contributed by atoms with E-state index in [1.807, 2.05) is 0 Å². The van der Waals surface area contributed by atoms with Crippen molar-refractivity contribution in [1.82, 2.24) is 0 Å². The van der Waals surface area contributed by atoms with E-state index in [0.29, 0.717) is 29.9 Å². The molecule has 2 aromatic rings. The van der Waals surface area contributed by atoms with E-state index in [1.165, 1.54) is 41.0 Å². The van der Waals surface area contributed by atoms with E-state index in [2.05, 4.69) is 73.7 Å². The molecule has 2 aromatic carbocycles. The van der Waals surface area contributed by atoms with Crippen molar-refractivity contribution in [3.05, 3.63) is 70.1 Å². The van der Waals surface area contributed by atoms with Crippen LogP contribution in [0.15, 0.2) is 70.1 Å². The van der Waals surface area contributed by atoms with Gasteiger partial charge >= 0.3 is 148 Å². The zero-order valence-corrected chi connectivity index (χ0v) is 16.6. The molecule has 0 heterocycles. The van der Waals surface area contributed by atoms with E-state index >= 15 is 0 Å². The fourth-order valence-electron chi connectivity index (χ4n) is 2.10. The minimum atomic E-state index is 0.474. The van der Waals surface area contributed by atoms with Crippen molar-refractivity contribution < 1.29 is 0 Å². The van der Waals surface area contributed by atoms with Crippen LogP contribution in [-0.4, -0.2) is 29.9 Å². The minimum absolute atomic E-state index is 0.474. The van der Waals surface area contributed by atoms with Crippen molar-refractivity contribution >= 4 is 38.8 Å². The fourth-order valence-corrected chi connectivity index (χ4v) is 7.79. The Morgan fingerprint density at radius 2 is 1.32 bits per heavy atom. The Kier molecular flexibility index (Phi) is 8.68. The quantitative estimate of drug-likeness (QED) is 0.426. The third kappa shape index (κ3) is 6.99. The number of benzene rings is 2. The van der Waals surface area contributed by atoms with Gasteiger partial charge in [0.15, 0.2) is 0 Å². The summed E-state index contributed by atoms with van der Waals surface area (Å²) < 4.78 is 4.66. The number of unbranched alkanes of at least 4 members (excludes halogenated alkanes) is 4. The van der Waals surface area contributed by atoms with E-state index in [4.69, 9.17) is 0 Å². The number of hydrogen-bond donors (Lipinski definition) is 0. The number of rotatable bonds is 9. The molecule has 22 heavy (non-hydrogen) atoms. The predicted octanol–water partition coefficient (Wildman–Crippen LogP) is 3.86. The average molecular weight is 422 g/mol. The Labute approximate surface area is 147 Å². The molecule has 0 atom stereocenters. The van der Waals surface area contributed by atoms with Gasteiger partial charge in [0.2, 0.25) is 0 Å². The van der Waals surface area contributed by atoms with E-state index in [0.717, 1.165) is 0 Å². The standard InChI is InChI=1S/C20H24Se2/c1-2-3-4-5-12-17-20(21-18-13-8-6-9-14-18)22-19-15-10-7-11-16-19/h6-11,13-17H,2-5,12H2,1H3. The molecule has 0 N–H and O–H groups in total. The number of allylic oxidation sites excluding steroid dienone is 1. The summed E-state index contributed by atoms with van der Waals surface area (Å²) in [6.45, 7) is 2.28. The Morgan fingerprint density at radius 3 is 1.82 bits per heavy atom. The summed E-state index contributed by atoms with van der Waals surface area (Å²) in [6, 6.07) is 21.9. The first-order chi connectivity index (χ1) is 10.9. The molecule has 0 radical (unpaired) electrons. The van der Waals surface area contributed by atoms with Crippen molar-refractivity contribution in [2.24, 2.45) is 0 Å². The fraction of sp³-hybridized carbons (Fsp3) is 0.300. The van der Waals surface area contributed by atoms with Crippen molar-refractivity contribution in [2.45, 2.75) is 39.0 Å². The van der Waals surface area contributed by atoms with Crippen LogP contribution < -0.4 is 8.92 Å². The Hall–Kier alpha value is -0.781. The van der Waals surface area contributed by atoms with Crippen LogP contribution in [0.2, 0.25) is 0 Å². The first kappa shape index (κ1) is 17.6. The molecule has 0 aromatic heterocycles. The van der Waals surface area contributed by atoms with Gasteiger partial charge in [-0.1, -0.05) is 0 Å². The topological polar surface area (TPSA) is 0 Å². The van der Waals surface area contributed by atoms with Gasteiger partial charge in [-0.15, -0.1) is 0 Å². The molecule has 0 fully saturated rings. The van der Waals surface area contributed by atoms with Gasteiger partial charge in [-0.3, -0.25) is 0 Å². The van der Waals surface area contributed by atoms with Crippen LogP contribution in [0.4, 0.5) is 0 Å². The second-order valence-electron chi connectivity index (χ2n) is 5.20. The molecule has 0 aliphatic carbocycles. The molecule has 0 aliphatic heterocycles. The van der Waals surface area contributed by atoms with Crippen molar-refractivity contribution in [3.8, 4) is 0 Å². The molecule has 0 spiro atoms. The molecular weight excluding hydrogens is 398 g/mol. The second-order valence-corrected chi connectivity index (χ2v) is 11.2. The predicted molar refractivity (Wildman–Crippen MR) is 101 cm³/mol. The van der Waals surface area contributed by atoms with Crippen LogP contribution in [0.25, 0.3) is 0 Å². The zero-order chi connectivity index (χ0) is 15.5. The SMILES string of the molecule is CCCCCCC=C([Se]c1ccccc1)[Se]c1ccccc1. The summed E-state index contributed by atoms with van der Waals surface area (Å²) in [5.41, 5.74) is 0. The molecule has 0 amide bonds. The van der Waals surface area contributed by atoms with E-state index < -0.39 is 0 Å². The zero-order valence-electron chi connectivity index (χ0n) is 13.2. The summed E-state index contributed by atoms with van der Waals surface area (Å²) in [5, 5.41) is 0. The third-order valence-electron chi connectivity index (χ3n) is 3.29. The normalized spacial score (nSPS) is 10.4. The second kappa shape index (κ2) is 10.9. The first-order valence-corrected chi connectivity index (χ1v) is 11.5. The Bertz CT molecular complexity index is 503. The van der Waals surface area contributed by atoms with Gasteiger partial charge < -0.3 is 0 Å². The molecular formula is C20H24Se2. The van der Waals surface area contributed by atoms with Gasteiger partial charge in [-0.25, -0.2) is 0 Å². The van der Waals surface area contributed by atoms with Gasteiger partial charge in [-0.05, 0) is 0 Å². The van der Waals surface area contributed by atoms with Crippen LogP contribution in [0.1, 0.15) is 39.0 Å². The van der Waals surface area contributed by atoms with Crippen LogP contribution >= 0.6 is 0 Å². The van der Waals surface area contributed by atoms with Gasteiger partial charge in [0.1, 0.15) is 0 Å². The third-order valence-corrected chi connectivity index (χ3v) is 8.78. The molecule has 2 heteroatoms. The summed E-state index contributed by atoms with van der Waals surface area (Å²) in [5.74, 6) is 0. The molecule has 0 bridgehead atoms. The van der Waals surface area contributed by atoms with Crippen LogP contribution in [-0.2, 0) is 0 Å². The summed E-state index contributed by atoms with van der Waals surface area (Å²) in [7, 11) is 0. The Balaban J connectivity index is 1.98. The van der Waals surface area contributed by atoms with Crippen LogP contribution in [0.3, 0.4) is 0 Å². The molecule has 0 saturated carbocycles. The monoisotopic (exact) mass is 424 g/mol. The van der Waals surface area contributed by atoms with Crippen LogP contribution in [0.5, 0.6) is 0 Å². The van der Waals surface area contributed by atoms with Gasteiger partial charge in [0.25, 0.3) is 0 Å². The van der Waals surface area contributed by atoms with Crippen molar-refractivity contribution in [3.63, 3.8) is 0 Å². The number of hydrogen-bond acceptors (Lipinski definition) is 0. The molecule has 116 valence electrons. The summed E-state index contributed by atoms with van der Waals surface area (Å²) in [6.07, 6.45) is 9.19. The van der Waals surface area contributed by atoms with Gasteiger partial charge in [0, 0.05) is 0 Å². The molecule has 0 aliphatic rings. The van der Waals surface area contributed by atoms with Crippen molar-refractivity contribution in [2.75, 3.05) is 0 Å². The van der Waals surface area contributed by atoms with E-state index in [1.54, 1.807) is 3.37 Å². The summed E-state index contributed by atoms with van der Waals surface area (Å²) in [4.78, 5) is 0. The average Bonchev–Trinajstić information content (AvgIpc) is 2.56. The van der Waals surface area contributed by atoms with Crippen molar-refractivity contribution in [1.29, 1.82) is 0 Å². The molecule has 0 nitrogen and oxygen atoms in total.